The van der Waals surface area contributed by atoms with Gasteiger partial charge in [0.15, 0.2) is 0 Å². The van der Waals surface area contributed by atoms with Gasteiger partial charge in [0.25, 0.3) is 0 Å². The number of aryl methyl sites for hydroxylation is 1. The highest BCUT2D eigenvalue weighted by Gasteiger charge is 2.21. The minimum atomic E-state index is 0.0744. The van der Waals surface area contributed by atoms with Crippen LogP contribution in [0.3, 0.4) is 0 Å². The number of nitrogens with one attached hydrogen (secondary N) is 1. The summed E-state index contributed by atoms with van der Waals surface area (Å²) in [6.07, 6.45) is 0.428. The molecule has 1 fully saturated rings. The van der Waals surface area contributed by atoms with Gasteiger partial charge in [0.2, 0.25) is 11.8 Å². The molecule has 0 saturated carbocycles. The largest absolute Gasteiger partial charge is 0.495 e. The summed E-state index contributed by atoms with van der Waals surface area (Å²) in [5.74, 6) is 0.968. The lowest BCUT2D eigenvalue weighted by molar-refractivity contribution is -0.138. The smallest absolute Gasteiger partial charge is 0.224 e. The van der Waals surface area contributed by atoms with E-state index in [2.05, 4.69) is 5.32 Å². The number of anilines is 1. The van der Waals surface area contributed by atoms with Crippen molar-refractivity contribution in [1.29, 1.82) is 0 Å². The van der Waals surface area contributed by atoms with E-state index in [1.165, 1.54) is 0 Å². The molecule has 0 aliphatic carbocycles. The third-order valence-electron chi connectivity index (χ3n) is 4.09. The van der Waals surface area contributed by atoms with Crippen molar-refractivity contribution >= 4 is 17.5 Å². The van der Waals surface area contributed by atoms with Crippen LogP contribution in [0.2, 0.25) is 0 Å². The monoisotopic (exact) mass is 319 g/mol. The van der Waals surface area contributed by atoms with Crippen molar-refractivity contribution in [3.8, 4) is 5.75 Å². The molecule has 1 aromatic carbocycles. The van der Waals surface area contributed by atoms with E-state index in [1.807, 2.05) is 30.0 Å². The van der Waals surface area contributed by atoms with Crippen molar-refractivity contribution in [1.82, 2.24) is 9.80 Å². The Hall–Kier alpha value is -2.24. The molecule has 1 heterocycles. The molecule has 0 bridgehead atoms. The molecule has 0 atom stereocenters. The summed E-state index contributed by atoms with van der Waals surface area (Å²) in [6.45, 7) is 6.63. The third-order valence-corrected chi connectivity index (χ3v) is 4.09. The maximum absolute atomic E-state index is 12.2. The van der Waals surface area contributed by atoms with Gasteiger partial charge >= 0.3 is 0 Å². The summed E-state index contributed by atoms with van der Waals surface area (Å²) in [6, 6.07) is 5.92. The van der Waals surface area contributed by atoms with Gasteiger partial charge in [-0.2, -0.15) is 0 Å². The minimum absolute atomic E-state index is 0.0744. The lowest BCUT2D eigenvalue weighted by atomic mass is 10.2. The van der Waals surface area contributed by atoms with E-state index in [1.54, 1.807) is 18.9 Å². The molecule has 1 aromatic rings. The van der Waals surface area contributed by atoms with Crippen LogP contribution < -0.4 is 10.1 Å². The van der Waals surface area contributed by atoms with Gasteiger partial charge in [-0.25, -0.2) is 0 Å². The number of nitrogens with zero attached hydrogens (tertiary/aromatic N) is 2. The number of benzene rings is 1. The fourth-order valence-electron chi connectivity index (χ4n) is 2.69. The second-order valence-electron chi connectivity index (χ2n) is 5.77. The van der Waals surface area contributed by atoms with Crippen molar-refractivity contribution in [3.63, 3.8) is 0 Å². The number of ether oxygens (including phenoxy) is 1. The fraction of sp³-hybridized carbons (Fsp3) is 0.529. The highest BCUT2D eigenvalue weighted by molar-refractivity contribution is 5.78. The van der Waals surface area contributed by atoms with E-state index in [4.69, 9.17) is 4.74 Å². The summed E-state index contributed by atoms with van der Waals surface area (Å²) in [4.78, 5) is 27.1. The standard InChI is InChI=1S/C17H25N3O3/c1-13-4-5-16(23-3)15(12-13)18-7-6-17(22)20-10-8-19(9-11-20)14(2)21/h4-5,12,18H,6-11H2,1-3H3. The number of carbonyl (C=O) groups excluding carboxylic acids is 2. The van der Waals surface area contributed by atoms with Crippen LogP contribution in [-0.4, -0.2) is 61.4 Å². The second kappa shape index (κ2) is 7.85. The Labute approximate surface area is 137 Å². The first-order valence-corrected chi connectivity index (χ1v) is 7.93. The summed E-state index contributed by atoms with van der Waals surface area (Å²) in [5.41, 5.74) is 2.04. The first kappa shape index (κ1) is 17.1. The van der Waals surface area contributed by atoms with E-state index in [9.17, 15) is 9.59 Å². The first-order valence-electron chi connectivity index (χ1n) is 7.93. The number of hydrogen-bond acceptors (Lipinski definition) is 4. The Kier molecular flexibility index (Phi) is 5.84. The van der Waals surface area contributed by atoms with Crippen molar-refractivity contribution < 1.29 is 14.3 Å². The predicted octanol–water partition coefficient (Wildman–Crippen LogP) is 1.50. The van der Waals surface area contributed by atoms with Crippen LogP contribution >= 0.6 is 0 Å². The van der Waals surface area contributed by atoms with Crippen LogP contribution in [0.4, 0.5) is 5.69 Å². The van der Waals surface area contributed by atoms with Crippen LogP contribution in [0, 0.1) is 6.92 Å². The Balaban J connectivity index is 1.79. The van der Waals surface area contributed by atoms with Gasteiger partial charge in [-0.3, -0.25) is 9.59 Å². The molecule has 0 spiro atoms. The van der Waals surface area contributed by atoms with E-state index in [-0.39, 0.29) is 11.8 Å². The van der Waals surface area contributed by atoms with Crippen molar-refractivity contribution in [3.05, 3.63) is 23.8 Å². The summed E-state index contributed by atoms with van der Waals surface area (Å²) in [5, 5.41) is 3.26. The quantitative estimate of drug-likeness (QED) is 0.893. The number of piperazine rings is 1. The molecular formula is C17H25N3O3. The molecule has 1 aliphatic rings. The van der Waals surface area contributed by atoms with Crippen LogP contribution in [0.25, 0.3) is 0 Å². The number of carbonyl (C=O) groups is 2. The molecular weight excluding hydrogens is 294 g/mol. The molecule has 1 N–H and O–H groups in total. The second-order valence-corrected chi connectivity index (χ2v) is 5.77. The van der Waals surface area contributed by atoms with Gasteiger partial charge in [-0.05, 0) is 24.6 Å². The first-order chi connectivity index (χ1) is 11.0. The maximum Gasteiger partial charge on any atom is 0.224 e. The van der Waals surface area contributed by atoms with Crippen molar-refractivity contribution in [2.75, 3.05) is 45.2 Å². The summed E-state index contributed by atoms with van der Waals surface area (Å²) < 4.78 is 5.31. The molecule has 0 radical (unpaired) electrons. The molecule has 1 saturated heterocycles. The summed E-state index contributed by atoms with van der Waals surface area (Å²) in [7, 11) is 1.63. The molecule has 1 aliphatic heterocycles. The predicted molar refractivity (Wildman–Crippen MR) is 89.7 cm³/mol. The molecule has 23 heavy (non-hydrogen) atoms. The molecule has 6 heteroatoms. The molecule has 0 aromatic heterocycles. The van der Waals surface area contributed by atoms with Gasteiger partial charge < -0.3 is 19.9 Å². The fourth-order valence-corrected chi connectivity index (χ4v) is 2.69. The van der Waals surface area contributed by atoms with Gasteiger partial charge in [0.05, 0.1) is 12.8 Å². The van der Waals surface area contributed by atoms with E-state index < -0.39 is 0 Å². The minimum Gasteiger partial charge on any atom is -0.495 e. The van der Waals surface area contributed by atoms with Crippen LogP contribution in [0.5, 0.6) is 5.75 Å². The zero-order chi connectivity index (χ0) is 16.8. The molecule has 6 nitrogen and oxygen atoms in total. The SMILES string of the molecule is COc1ccc(C)cc1NCCC(=O)N1CCN(C(C)=O)CC1. The zero-order valence-corrected chi connectivity index (χ0v) is 14.1. The normalized spacial score (nSPS) is 14.6. The van der Waals surface area contributed by atoms with Crippen LogP contribution in [0.1, 0.15) is 18.9 Å². The van der Waals surface area contributed by atoms with Gasteiger partial charge in [-0.1, -0.05) is 6.07 Å². The number of methoxy groups -OCH3 is 1. The zero-order valence-electron chi connectivity index (χ0n) is 14.1. The lowest BCUT2D eigenvalue weighted by Crippen LogP contribution is -2.50. The average Bonchev–Trinajstić information content (AvgIpc) is 2.55. The summed E-state index contributed by atoms with van der Waals surface area (Å²) >= 11 is 0. The molecule has 0 unspecified atom stereocenters. The van der Waals surface area contributed by atoms with Crippen molar-refractivity contribution in [2.45, 2.75) is 20.3 Å². The number of amides is 2. The highest BCUT2D eigenvalue weighted by Crippen LogP contribution is 2.25. The Morgan fingerprint density at radius 2 is 1.83 bits per heavy atom. The maximum atomic E-state index is 12.2. The Bertz CT molecular complexity index is 566. The number of rotatable bonds is 5. The molecule has 2 rings (SSSR count). The lowest BCUT2D eigenvalue weighted by Gasteiger charge is -2.34. The Morgan fingerprint density at radius 3 is 2.43 bits per heavy atom. The molecule has 2 amide bonds. The molecule has 126 valence electrons. The van der Waals surface area contributed by atoms with E-state index >= 15 is 0 Å². The van der Waals surface area contributed by atoms with E-state index in [0.717, 1.165) is 17.0 Å². The highest BCUT2D eigenvalue weighted by atomic mass is 16.5. The average molecular weight is 319 g/mol. The van der Waals surface area contributed by atoms with Gasteiger partial charge in [0.1, 0.15) is 5.75 Å². The van der Waals surface area contributed by atoms with Gasteiger partial charge in [-0.15, -0.1) is 0 Å². The van der Waals surface area contributed by atoms with Crippen LogP contribution in [0.15, 0.2) is 18.2 Å². The van der Waals surface area contributed by atoms with Crippen LogP contribution in [-0.2, 0) is 9.59 Å². The number of hydrogen-bond donors (Lipinski definition) is 1. The van der Waals surface area contributed by atoms with Gasteiger partial charge in [0, 0.05) is 46.1 Å². The van der Waals surface area contributed by atoms with E-state index in [0.29, 0.717) is 39.1 Å². The van der Waals surface area contributed by atoms with Crippen molar-refractivity contribution in [2.24, 2.45) is 0 Å². The Morgan fingerprint density at radius 1 is 1.17 bits per heavy atom. The third kappa shape index (κ3) is 4.61. The topological polar surface area (TPSA) is 61.9 Å².